The van der Waals surface area contributed by atoms with Gasteiger partial charge in [-0.1, -0.05) is 0 Å². The van der Waals surface area contributed by atoms with E-state index >= 15 is 0 Å². The van der Waals surface area contributed by atoms with Crippen molar-refractivity contribution < 1.29 is 18.7 Å². The van der Waals surface area contributed by atoms with Crippen molar-refractivity contribution in [1.82, 2.24) is 0 Å². The number of ether oxygens (including phenoxy) is 2. The number of ketones is 1. The summed E-state index contributed by atoms with van der Waals surface area (Å²) in [4.78, 5) is 12.4. The molecule has 0 N–H and O–H groups in total. The summed E-state index contributed by atoms with van der Waals surface area (Å²) >= 11 is 0. The second kappa shape index (κ2) is 5.41. The number of furan rings is 1. The molecule has 5 nitrogen and oxygen atoms in total. The Balaban J connectivity index is 1.95. The average Bonchev–Trinajstić information content (AvgIpc) is 3.04. The Morgan fingerprint density at radius 1 is 1.27 bits per heavy atom. The maximum absolute atomic E-state index is 12.4. The molecule has 0 amide bonds. The van der Waals surface area contributed by atoms with Crippen molar-refractivity contribution >= 4 is 11.9 Å². The number of Topliss-reactive ketones (excluding diaryl/α,β-unsaturated/α-hetero) is 1. The number of carbonyl (C=O) groups is 1. The fourth-order valence-electron chi connectivity index (χ4n) is 2.29. The van der Waals surface area contributed by atoms with E-state index in [9.17, 15) is 4.79 Å². The lowest BCUT2D eigenvalue weighted by molar-refractivity contribution is 0.101. The zero-order valence-corrected chi connectivity index (χ0v) is 12.2. The minimum absolute atomic E-state index is 0.0536. The Kier molecular flexibility index (Phi) is 3.43. The largest absolute Gasteiger partial charge is 0.478 e. The summed E-state index contributed by atoms with van der Waals surface area (Å²) in [6.45, 7) is 3.57. The molecule has 0 spiro atoms. The van der Waals surface area contributed by atoms with Crippen LogP contribution in [0.3, 0.4) is 0 Å². The Labute approximate surface area is 127 Å². The van der Waals surface area contributed by atoms with Gasteiger partial charge in [0.1, 0.15) is 29.1 Å². The van der Waals surface area contributed by atoms with Crippen molar-refractivity contribution in [2.75, 3.05) is 6.61 Å². The summed E-state index contributed by atoms with van der Waals surface area (Å²) < 4.78 is 16.4. The van der Waals surface area contributed by atoms with Gasteiger partial charge in [-0.2, -0.15) is 5.26 Å². The summed E-state index contributed by atoms with van der Waals surface area (Å²) in [5.74, 6) is 2.34. The van der Waals surface area contributed by atoms with Gasteiger partial charge in [0.05, 0.1) is 5.56 Å². The van der Waals surface area contributed by atoms with Gasteiger partial charge in [0.15, 0.2) is 12.4 Å². The van der Waals surface area contributed by atoms with Crippen molar-refractivity contribution in [3.05, 3.63) is 52.7 Å². The lowest BCUT2D eigenvalue weighted by atomic mass is 10.1. The first-order valence-corrected chi connectivity index (χ1v) is 6.74. The van der Waals surface area contributed by atoms with Crippen molar-refractivity contribution in [2.45, 2.75) is 13.8 Å². The van der Waals surface area contributed by atoms with E-state index in [4.69, 9.17) is 19.2 Å². The topological polar surface area (TPSA) is 72.5 Å². The number of hydrogen-bond donors (Lipinski definition) is 0. The van der Waals surface area contributed by atoms with E-state index in [-0.39, 0.29) is 18.1 Å². The van der Waals surface area contributed by atoms with Gasteiger partial charge in [-0.3, -0.25) is 4.79 Å². The Hall–Kier alpha value is -3.00. The standard InChI is InChI=1S/C17H13NO4/c1-10-3-4-12(21-10)9-15-16(19)13-5-6-14(20-8-7-18)11(2)17(13)22-15/h3-6,9H,8H2,1-2H3/b15-9-. The van der Waals surface area contributed by atoms with Gasteiger partial charge in [0.2, 0.25) is 5.78 Å². The lowest BCUT2D eigenvalue weighted by Gasteiger charge is -2.08. The second-order valence-electron chi connectivity index (χ2n) is 4.90. The molecule has 1 aromatic carbocycles. The number of rotatable bonds is 3. The smallest absolute Gasteiger partial charge is 0.232 e. The van der Waals surface area contributed by atoms with Crippen LogP contribution in [0.15, 0.2) is 34.4 Å². The lowest BCUT2D eigenvalue weighted by Crippen LogP contribution is -1.97. The molecule has 2 heterocycles. The van der Waals surface area contributed by atoms with Crippen molar-refractivity contribution in [1.29, 1.82) is 5.26 Å². The molecule has 3 rings (SSSR count). The Morgan fingerprint density at radius 3 is 2.77 bits per heavy atom. The predicted molar refractivity (Wildman–Crippen MR) is 78.7 cm³/mol. The molecule has 0 atom stereocenters. The van der Waals surface area contributed by atoms with Crippen LogP contribution in [-0.4, -0.2) is 12.4 Å². The van der Waals surface area contributed by atoms with E-state index in [2.05, 4.69) is 0 Å². The molecule has 5 heteroatoms. The maximum atomic E-state index is 12.4. The number of fused-ring (bicyclic) bond motifs is 1. The quantitative estimate of drug-likeness (QED) is 0.811. The van der Waals surface area contributed by atoms with Crippen LogP contribution in [0.25, 0.3) is 6.08 Å². The van der Waals surface area contributed by atoms with E-state index in [1.165, 1.54) is 0 Å². The molecule has 1 aliphatic heterocycles. The highest BCUT2D eigenvalue weighted by atomic mass is 16.5. The number of nitrogens with zero attached hydrogens (tertiary/aromatic N) is 1. The summed E-state index contributed by atoms with van der Waals surface area (Å²) in [5.41, 5.74) is 1.18. The number of carbonyl (C=O) groups excluding carboxylic acids is 1. The number of nitriles is 1. The molecule has 0 saturated carbocycles. The molecule has 0 bridgehead atoms. The monoisotopic (exact) mass is 295 g/mol. The first-order chi connectivity index (χ1) is 10.6. The van der Waals surface area contributed by atoms with Crippen LogP contribution in [0.1, 0.15) is 27.4 Å². The van der Waals surface area contributed by atoms with E-state index in [0.717, 1.165) is 5.76 Å². The molecule has 2 aromatic rings. The molecule has 110 valence electrons. The van der Waals surface area contributed by atoms with Crippen LogP contribution >= 0.6 is 0 Å². The van der Waals surface area contributed by atoms with Gasteiger partial charge in [-0.15, -0.1) is 0 Å². The maximum Gasteiger partial charge on any atom is 0.232 e. The van der Waals surface area contributed by atoms with Gasteiger partial charge < -0.3 is 13.9 Å². The third kappa shape index (κ3) is 2.35. The Bertz CT molecular complexity index is 824. The highest BCUT2D eigenvalue weighted by molar-refractivity contribution is 6.14. The summed E-state index contributed by atoms with van der Waals surface area (Å²) in [7, 11) is 0. The van der Waals surface area contributed by atoms with E-state index in [0.29, 0.717) is 28.4 Å². The highest BCUT2D eigenvalue weighted by Gasteiger charge is 2.30. The van der Waals surface area contributed by atoms with E-state index < -0.39 is 0 Å². The summed E-state index contributed by atoms with van der Waals surface area (Å²) in [6, 6.07) is 8.82. The van der Waals surface area contributed by atoms with Crippen molar-refractivity contribution in [3.63, 3.8) is 0 Å². The number of aryl methyl sites for hydroxylation is 1. The van der Waals surface area contributed by atoms with Gasteiger partial charge in [-0.05, 0) is 38.1 Å². The predicted octanol–water partition coefficient (Wildman–Crippen LogP) is 3.42. The SMILES string of the molecule is Cc1ccc(/C=C2\Oc3c(ccc(OCC#N)c3C)C2=O)o1. The van der Waals surface area contributed by atoms with E-state index in [1.807, 2.05) is 19.1 Å². The van der Waals surface area contributed by atoms with E-state index in [1.54, 1.807) is 31.2 Å². The average molecular weight is 295 g/mol. The van der Waals surface area contributed by atoms with Gasteiger partial charge >= 0.3 is 0 Å². The van der Waals surface area contributed by atoms with Crippen LogP contribution in [0, 0.1) is 25.2 Å². The van der Waals surface area contributed by atoms with Crippen LogP contribution in [0.2, 0.25) is 0 Å². The molecule has 1 aliphatic rings. The van der Waals surface area contributed by atoms with Crippen LogP contribution in [-0.2, 0) is 0 Å². The first kappa shape index (κ1) is 14.0. The van der Waals surface area contributed by atoms with Crippen molar-refractivity contribution in [2.24, 2.45) is 0 Å². The number of allylic oxidation sites excluding steroid dienone is 1. The zero-order chi connectivity index (χ0) is 15.7. The van der Waals surface area contributed by atoms with Crippen molar-refractivity contribution in [3.8, 4) is 17.6 Å². The third-order valence-corrected chi connectivity index (χ3v) is 3.36. The molecule has 0 unspecified atom stereocenters. The highest BCUT2D eigenvalue weighted by Crippen LogP contribution is 2.39. The summed E-state index contributed by atoms with van der Waals surface area (Å²) in [6.07, 6.45) is 1.57. The molecular formula is C17H13NO4. The van der Waals surface area contributed by atoms with Crippen LogP contribution < -0.4 is 9.47 Å². The molecule has 0 radical (unpaired) electrons. The number of benzene rings is 1. The molecule has 0 fully saturated rings. The molecular weight excluding hydrogens is 282 g/mol. The Morgan fingerprint density at radius 2 is 2.09 bits per heavy atom. The normalized spacial score (nSPS) is 14.6. The molecule has 0 saturated heterocycles. The first-order valence-electron chi connectivity index (χ1n) is 6.74. The zero-order valence-electron chi connectivity index (χ0n) is 12.2. The minimum Gasteiger partial charge on any atom is -0.478 e. The molecule has 0 aliphatic carbocycles. The molecule has 1 aromatic heterocycles. The fourth-order valence-corrected chi connectivity index (χ4v) is 2.29. The van der Waals surface area contributed by atoms with Crippen LogP contribution in [0.5, 0.6) is 11.5 Å². The number of hydrogen-bond acceptors (Lipinski definition) is 5. The van der Waals surface area contributed by atoms with Crippen LogP contribution in [0.4, 0.5) is 0 Å². The fraction of sp³-hybridized carbons (Fsp3) is 0.176. The van der Waals surface area contributed by atoms with Gasteiger partial charge in [0.25, 0.3) is 0 Å². The van der Waals surface area contributed by atoms with Gasteiger partial charge in [0, 0.05) is 11.6 Å². The minimum atomic E-state index is -0.195. The second-order valence-corrected chi connectivity index (χ2v) is 4.90. The molecule has 22 heavy (non-hydrogen) atoms. The van der Waals surface area contributed by atoms with Gasteiger partial charge in [-0.25, -0.2) is 0 Å². The third-order valence-electron chi connectivity index (χ3n) is 3.36. The summed E-state index contributed by atoms with van der Waals surface area (Å²) in [5, 5.41) is 8.58.